The predicted octanol–water partition coefficient (Wildman–Crippen LogP) is 4.27. The quantitative estimate of drug-likeness (QED) is 0.475. The minimum Gasteiger partial charge on any atom is -0.452 e. The molecule has 24 heavy (non-hydrogen) atoms. The summed E-state index contributed by atoms with van der Waals surface area (Å²) in [6.45, 7) is 0. The maximum atomic E-state index is 12.4. The molecule has 0 saturated heterocycles. The van der Waals surface area contributed by atoms with E-state index >= 15 is 0 Å². The van der Waals surface area contributed by atoms with Crippen molar-refractivity contribution in [1.29, 1.82) is 0 Å². The summed E-state index contributed by atoms with van der Waals surface area (Å²) in [6, 6.07) is 12.0. The van der Waals surface area contributed by atoms with Crippen molar-refractivity contribution in [3.8, 4) is 11.5 Å². The Hall–Kier alpha value is -2.59. The Bertz CT molecular complexity index is 881. The maximum absolute atomic E-state index is 12.4. The van der Waals surface area contributed by atoms with E-state index in [0.717, 1.165) is 12.8 Å². The zero-order chi connectivity index (χ0) is 16.7. The van der Waals surface area contributed by atoms with Crippen LogP contribution in [0, 0.1) is 5.92 Å². The third-order valence-corrected chi connectivity index (χ3v) is 4.31. The lowest BCUT2D eigenvalue weighted by Gasteiger charge is -2.04. The predicted molar refractivity (Wildman–Crippen MR) is 89.2 cm³/mol. The number of benzene rings is 2. The van der Waals surface area contributed by atoms with Crippen molar-refractivity contribution >= 4 is 29.4 Å². The van der Waals surface area contributed by atoms with Crippen LogP contribution in [0.15, 0.2) is 48.2 Å². The largest absolute Gasteiger partial charge is 0.452 e. The first-order chi connectivity index (χ1) is 11.6. The Morgan fingerprint density at radius 3 is 2.75 bits per heavy atom. The van der Waals surface area contributed by atoms with Gasteiger partial charge in [0, 0.05) is 11.1 Å². The Kier molecular flexibility index (Phi) is 3.62. The molecular weight excluding hydrogens is 328 g/mol. The van der Waals surface area contributed by atoms with Crippen LogP contribution in [0.5, 0.6) is 11.5 Å². The van der Waals surface area contributed by atoms with Gasteiger partial charge in [-0.1, -0.05) is 29.8 Å². The number of esters is 1. The molecule has 4 rings (SSSR count). The van der Waals surface area contributed by atoms with E-state index in [1.807, 2.05) is 12.1 Å². The summed E-state index contributed by atoms with van der Waals surface area (Å²) in [5, 5.41) is 0.538. The fraction of sp³-hybridized carbons (Fsp3) is 0.158. The van der Waals surface area contributed by atoms with Crippen LogP contribution in [0.3, 0.4) is 0 Å². The Labute approximate surface area is 143 Å². The molecule has 1 aliphatic heterocycles. The zero-order valence-electron chi connectivity index (χ0n) is 12.6. The number of hydrogen-bond donors (Lipinski definition) is 0. The van der Waals surface area contributed by atoms with Gasteiger partial charge in [-0.3, -0.25) is 9.59 Å². The van der Waals surface area contributed by atoms with Crippen molar-refractivity contribution in [1.82, 2.24) is 0 Å². The van der Waals surface area contributed by atoms with Crippen molar-refractivity contribution in [2.45, 2.75) is 12.8 Å². The average molecular weight is 341 g/mol. The zero-order valence-corrected chi connectivity index (χ0v) is 13.4. The molecule has 0 bridgehead atoms. The molecule has 4 nitrogen and oxygen atoms in total. The third-order valence-electron chi connectivity index (χ3n) is 3.96. The Balaban J connectivity index is 1.60. The highest BCUT2D eigenvalue weighted by Gasteiger charge is 2.32. The van der Waals surface area contributed by atoms with Gasteiger partial charge in [0.05, 0.1) is 11.5 Å². The van der Waals surface area contributed by atoms with Crippen LogP contribution in [0.4, 0.5) is 0 Å². The smallest absolute Gasteiger partial charge is 0.314 e. The summed E-state index contributed by atoms with van der Waals surface area (Å²) in [6.07, 6.45) is 3.37. The van der Waals surface area contributed by atoms with E-state index in [4.69, 9.17) is 21.1 Å². The number of fused-ring (bicyclic) bond motifs is 1. The molecule has 5 heteroatoms. The summed E-state index contributed by atoms with van der Waals surface area (Å²) < 4.78 is 10.9. The minimum atomic E-state index is -0.230. The molecule has 1 fully saturated rings. The number of ether oxygens (including phenoxy) is 2. The maximum Gasteiger partial charge on any atom is 0.314 e. The van der Waals surface area contributed by atoms with Crippen LogP contribution < -0.4 is 9.47 Å². The average Bonchev–Trinajstić information content (AvgIpc) is 3.37. The molecule has 1 aliphatic carbocycles. The van der Waals surface area contributed by atoms with Crippen molar-refractivity contribution in [2.24, 2.45) is 5.92 Å². The van der Waals surface area contributed by atoms with Crippen LogP contribution >= 0.6 is 11.6 Å². The van der Waals surface area contributed by atoms with Crippen molar-refractivity contribution in [3.63, 3.8) is 0 Å². The van der Waals surface area contributed by atoms with Crippen molar-refractivity contribution in [2.75, 3.05) is 0 Å². The monoisotopic (exact) mass is 340 g/mol. The number of carbonyl (C=O) groups excluding carboxylic acids is 2. The molecule has 1 saturated carbocycles. The van der Waals surface area contributed by atoms with Gasteiger partial charge in [-0.25, -0.2) is 0 Å². The number of Topliss-reactive ketones (excluding diaryl/α,β-unsaturated/α-hetero) is 1. The van der Waals surface area contributed by atoms with E-state index in [0.29, 0.717) is 27.6 Å². The van der Waals surface area contributed by atoms with Gasteiger partial charge in [0.2, 0.25) is 5.78 Å². The molecule has 0 unspecified atom stereocenters. The van der Waals surface area contributed by atoms with Gasteiger partial charge < -0.3 is 9.47 Å². The second kappa shape index (κ2) is 5.80. The first-order valence-corrected chi connectivity index (χ1v) is 8.04. The molecule has 0 spiro atoms. The minimum absolute atomic E-state index is 0.0106. The van der Waals surface area contributed by atoms with Gasteiger partial charge in [0.1, 0.15) is 11.5 Å². The Morgan fingerprint density at radius 2 is 2.00 bits per heavy atom. The highest BCUT2D eigenvalue weighted by molar-refractivity contribution is 6.32. The van der Waals surface area contributed by atoms with Crippen molar-refractivity contribution in [3.05, 3.63) is 64.4 Å². The van der Waals surface area contributed by atoms with E-state index in [1.165, 1.54) is 0 Å². The topological polar surface area (TPSA) is 52.6 Å². The van der Waals surface area contributed by atoms with Gasteiger partial charge in [-0.2, -0.15) is 0 Å². The number of carbonyl (C=O) groups is 2. The van der Waals surface area contributed by atoms with Gasteiger partial charge in [-0.15, -0.1) is 0 Å². The molecule has 2 aromatic rings. The lowest BCUT2D eigenvalue weighted by atomic mass is 10.1. The molecule has 0 N–H and O–H groups in total. The van der Waals surface area contributed by atoms with E-state index in [2.05, 4.69) is 0 Å². The first kappa shape index (κ1) is 15.0. The molecule has 0 atom stereocenters. The van der Waals surface area contributed by atoms with Crippen LogP contribution in [0.2, 0.25) is 5.02 Å². The Morgan fingerprint density at radius 1 is 1.21 bits per heavy atom. The first-order valence-electron chi connectivity index (χ1n) is 7.66. The van der Waals surface area contributed by atoms with Gasteiger partial charge in [0.25, 0.3) is 0 Å². The summed E-state index contributed by atoms with van der Waals surface area (Å²) in [5.74, 6) is 0.535. The van der Waals surface area contributed by atoms with Gasteiger partial charge in [0.15, 0.2) is 5.76 Å². The molecule has 120 valence electrons. The molecule has 2 aliphatic rings. The number of ketones is 1. The normalized spacial score (nSPS) is 17.5. The number of halogens is 1. The van der Waals surface area contributed by atoms with E-state index in [-0.39, 0.29) is 23.4 Å². The highest BCUT2D eigenvalue weighted by Crippen LogP contribution is 2.36. The highest BCUT2D eigenvalue weighted by atomic mass is 35.5. The summed E-state index contributed by atoms with van der Waals surface area (Å²) in [5.41, 5.74) is 1.15. The lowest BCUT2D eigenvalue weighted by Crippen LogP contribution is -2.09. The fourth-order valence-electron chi connectivity index (χ4n) is 2.48. The van der Waals surface area contributed by atoms with Crippen LogP contribution in [0.1, 0.15) is 28.8 Å². The number of allylic oxidation sites excluding steroid dienone is 1. The van der Waals surface area contributed by atoms with E-state index in [9.17, 15) is 9.59 Å². The molecule has 1 heterocycles. The van der Waals surface area contributed by atoms with E-state index < -0.39 is 0 Å². The van der Waals surface area contributed by atoms with Crippen LogP contribution in [0.25, 0.3) is 6.08 Å². The summed E-state index contributed by atoms with van der Waals surface area (Å²) >= 11 is 6.11. The van der Waals surface area contributed by atoms with Gasteiger partial charge in [-0.05, 0) is 42.7 Å². The number of hydrogen-bond acceptors (Lipinski definition) is 4. The summed E-state index contributed by atoms with van der Waals surface area (Å²) in [7, 11) is 0. The fourth-order valence-corrected chi connectivity index (χ4v) is 2.67. The lowest BCUT2D eigenvalue weighted by molar-refractivity contribution is -0.135. The second-order valence-corrected chi connectivity index (χ2v) is 6.22. The van der Waals surface area contributed by atoms with Crippen molar-refractivity contribution < 1.29 is 19.1 Å². The molecule has 0 radical (unpaired) electrons. The van der Waals surface area contributed by atoms with Gasteiger partial charge >= 0.3 is 5.97 Å². The third kappa shape index (κ3) is 2.81. The second-order valence-electron chi connectivity index (χ2n) is 5.81. The molecule has 2 aromatic carbocycles. The SMILES string of the molecule is O=C1C(=Cc2ccccc2Cl)Oc2cc(OC(=O)C3CC3)ccc21. The number of rotatable bonds is 3. The summed E-state index contributed by atoms with van der Waals surface area (Å²) in [4.78, 5) is 24.1. The van der Waals surface area contributed by atoms with Crippen LogP contribution in [-0.4, -0.2) is 11.8 Å². The van der Waals surface area contributed by atoms with Crippen LogP contribution in [-0.2, 0) is 4.79 Å². The molecule has 0 aromatic heterocycles. The van der Waals surface area contributed by atoms with E-state index in [1.54, 1.807) is 36.4 Å². The molecular formula is C19H13ClO4. The molecule has 0 amide bonds. The standard InChI is InChI=1S/C19H13ClO4/c20-15-4-2-1-3-12(15)9-17-18(21)14-8-7-13(10-16(14)24-17)23-19(22)11-5-6-11/h1-4,7-11H,5-6H2.